The molecular formula is C7H8BrN3O. The first-order valence-electron chi connectivity index (χ1n) is 3.22. The minimum Gasteiger partial charge on any atom is -0.397 e. The number of amidine groups is 1. The second kappa shape index (κ2) is 4.06. The third kappa shape index (κ3) is 2.20. The molecule has 0 bridgehead atoms. The van der Waals surface area contributed by atoms with Crippen LogP contribution in [0.4, 0.5) is 0 Å². The van der Waals surface area contributed by atoms with E-state index in [1.54, 1.807) is 12.3 Å². The lowest BCUT2D eigenvalue weighted by Gasteiger charge is -1.97. The highest BCUT2D eigenvalue weighted by atomic mass is 79.9. The van der Waals surface area contributed by atoms with Gasteiger partial charge in [0.05, 0.1) is 0 Å². The number of nitrogens with two attached hydrogens (primary N) is 1. The summed E-state index contributed by atoms with van der Waals surface area (Å²) in [4.78, 5) is 8.51. The van der Waals surface area contributed by atoms with E-state index in [0.29, 0.717) is 5.69 Å². The highest BCUT2D eigenvalue weighted by Crippen LogP contribution is 2.06. The summed E-state index contributed by atoms with van der Waals surface area (Å²) >= 11 is 3.26. The Morgan fingerprint density at radius 2 is 2.42 bits per heavy atom. The predicted octanol–water partition coefficient (Wildman–Crippen LogP) is 1.11. The van der Waals surface area contributed by atoms with Crippen LogP contribution in [-0.4, -0.2) is 17.9 Å². The van der Waals surface area contributed by atoms with Gasteiger partial charge in [0.1, 0.15) is 12.8 Å². The van der Waals surface area contributed by atoms with E-state index in [4.69, 9.17) is 5.73 Å². The minimum atomic E-state index is 0.269. The van der Waals surface area contributed by atoms with Gasteiger partial charge in [0.25, 0.3) is 0 Å². The zero-order valence-electron chi connectivity index (χ0n) is 6.49. The minimum absolute atomic E-state index is 0.269. The smallest absolute Gasteiger partial charge is 0.188 e. The van der Waals surface area contributed by atoms with Crippen molar-refractivity contribution in [2.75, 3.05) is 7.11 Å². The zero-order chi connectivity index (χ0) is 8.97. The van der Waals surface area contributed by atoms with Crippen LogP contribution in [-0.2, 0) is 4.84 Å². The van der Waals surface area contributed by atoms with Crippen molar-refractivity contribution in [3.63, 3.8) is 0 Å². The summed E-state index contributed by atoms with van der Waals surface area (Å²) in [6.45, 7) is 0. The molecule has 0 aliphatic heterocycles. The molecule has 2 N–H and O–H groups in total. The molecule has 4 nitrogen and oxygen atoms in total. The van der Waals surface area contributed by atoms with E-state index in [9.17, 15) is 0 Å². The molecule has 0 fully saturated rings. The number of hydrogen-bond donors (Lipinski definition) is 1. The highest BCUT2D eigenvalue weighted by Gasteiger charge is 1.98. The van der Waals surface area contributed by atoms with Gasteiger partial charge in [-0.05, 0) is 28.1 Å². The summed E-state index contributed by atoms with van der Waals surface area (Å²) in [7, 11) is 1.44. The Kier molecular flexibility index (Phi) is 3.04. The second-order valence-electron chi connectivity index (χ2n) is 2.02. The summed E-state index contributed by atoms with van der Waals surface area (Å²) in [6, 6.07) is 3.59. The van der Waals surface area contributed by atoms with Crippen LogP contribution in [0.2, 0.25) is 0 Å². The predicted molar refractivity (Wildman–Crippen MR) is 49.7 cm³/mol. The first-order valence-corrected chi connectivity index (χ1v) is 4.02. The van der Waals surface area contributed by atoms with Crippen molar-refractivity contribution in [1.82, 2.24) is 4.98 Å². The van der Waals surface area contributed by atoms with E-state index in [2.05, 4.69) is 30.9 Å². The number of pyridine rings is 1. The van der Waals surface area contributed by atoms with Crippen molar-refractivity contribution >= 4 is 21.8 Å². The number of halogens is 1. The molecule has 5 heteroatoms. The largest absolute Gasteiger partial charge is 0.397 e. The number of rotatable bonds is 2. The molecule has 1 rings (SSSR count). The van der Waals surface area contributed by atoms with E-state index in [1.165, 1.54) is 7.11 Å². The van der Waals surface area contributed by atoms with Crippen molar-refractivity contribution in [1.29, 1.82) is 0 Å². The van der Waals surface area contributed by atoms with E-state index in [0.717, 1.165) is 4.47 Å². The fraction of sp³-hybridized carbons (Fsp3) is 0.143. The van der Waals surface area contributed by atoms with Crippen molar-refractivity contribution < 1.29 is 4.84 Å². The topological polar surface area (TPSA) is 60.5 Å². The lowest BCUT2D eigenvalue weighted by molar-refractivity contribution is 0.213. The second-order valence-corrected chi connectivity index (χ2v) is 2.94. The summed E-state index contributed by atoms with van der Waals surface area (Å²) in [6.07, 6.45) is 1.65. The molecule has 0 amide bonds. The van der Waals surface area contributed by atoms with E-state index in [-0.39, 0.29) is 5.84 Å². The Balaban J connectivity index is 2.89. The summed E-state index contributed by atoms with van der Waals surface area (Å²) in [5.41, 5.74) is 6.10. The zero-order valence-corrected chi connectivity index (χ0v) is 8.08. The van der Waals surface area contributed by atoms with Crippen LogP contribution in [0.5, 0.6) is 0 Å². The Labute approximate surface area is 78.6 Å². The molecular weight excluding hydrogens is 222 g/mol. The molecule has 0 aliphatic rings. The first-order chi connectivity index (χ1) is 5.74. The molecule has 12 heavy (non-hydrogen) atoms. The Morgan fingerprint density at radius 3 is 2.92 bits per heavy atom. The SMILES string of the molecule is CO/N=C(/N)c1ccc(Br)cn1. The van der Waals surface area contributed by atoms with Crippen LogP contribution in [0.25, 0.3) is 0 Å². The van der Waals surface area contributed by atoms with Crippen LogP contribution in [0.1, 0.15) is 5.69 Å². The summed E-state index contributed by atoms with van der Waals surface area (Å²) in [5, 5.41) is 3.54. The van der Waals surface area contributed by atoms with Crippen molar-refractivity contribution in [2.24, 2.45) is 10.9 Å². The van der Waals surface area contributed by atoms with Crippen LogP contribution >= 0.6 is 15.9 Å². The summed E-state index contributed by atoms with van der Waals surface area (Å²) in [5.74, 6) is 0.269. The van der Waals surface area contributed by atoms with Crippen molar-refractivity contribution in [3.05, 3.63) is 28.5 Å². The summed E-state index contributed by atoms with van der Waals surface area (Å²) < 4.78 is 0.900. The molecule has 1 heterocycles. The van der Waals surface area contributed by atoms with Crippen LogP contribution in [0.15, 0.2) is 28.0 Å². The van der Waals surface area contributed by atoms with Gasteiger partial charge >= 0.3 is 0 Å². The Hall–Kier alpha value is -1.10. The quantitative estimate of drug-likeness (QED) is 0.470. The van der Waals surface area contributed by atoms with Gasteiger partial charge in [0.15, 0.2) is 5.84 Å². The van der Waals surface area contributed by atoms with Gasteiger partial charge in [-0.25, -0.2) is 0 Å². The van der Waals surface area contributed by atoms with Gasteiger partial charge in [0.2, 0.25) is 0 Å². The molecule has 0 aromatic carbocycles. The molecule has 0 unspecified atom stereocenters. The monoisotopic (exact) mass is 229 g/mol. The molecule has 0 atom stereocenters. The maximum atomic E-state index is 5.50. The molecule has 0 aliphatic carbocycles. The van der Waals surface area contributed by atoms with E-state index >= 15 is 0 Å². The fourth-order valence-electron chi connectivity index (χ4n) is 0.672. The lowest BCUT2D eigenvalue weighted by Crippen LogP contribution is -2.14. The Morgan fingerprint density at radius 1 is 1.67 bits per heavy atom. The van der Waals surface area contributed by atoms with Gasteiger partial charge < -0.3 is 10.6 Å². The number of hydrogen-bond acceptors (Lipinski definition) is 3. The van der Waals surface area contributed by atoms with Gasteiger partial charge in [-0.1, -0.05) is 5.16 Å². The van der Waals surface area contributed by atoms with Gasteiger partial charge in [-0.15, -0.1) is 0 Å². The fourth-order valence-corrected chi connectivity index (χ4v) is 0.907. The lowest BCUT2D eigenvalue weighted by atomic mass is 10.3. The van der Waals surface area contributed by atoms with Gasteiger partial charge in [-0.2, -0.15) is 0 Å². The van der Waals surface area contributed by atoms with Gasteiger partial charge in [-0.3, -0.25) is 4.98 Å². The number of nitrogens with zero attached hydrogens (tertiary/aromatic N) is 2. The van der Waals surface area contributed by atoms with E-state index in [1.807, 2.05) is 6.07 Å². The first kappa shape index (κ1) is 8.99. The van der Waals surface area contributed by atoms with Crippen LogP contribution in [0, 0.1) is 0 Å². The number of aromatic nitrogens is 1. The van der Waals surface area contributed by atoms with Crippen LogP contribution in [0.3, 0.4) is 0 Å². The normalized spacial score (nSPS) is 11.3. The van der Waals surface area contributed by atoms with Crippen LogP contribution < -0.4 is 5.73 Å². The van der Waals surface area contributed by atoms with E-state index < -0.39 is 0 Å². The molecule has 64 valence electrons. The molecule has 1 aromatic rings. The molecule has 0 spiro atoms. The van der Waals surface area contributed by atoms with Crippen molar-refractivity contribution in [2.45, 2.75) is 0 Å². The maximum Gasteiger partial charge on any atom is 0.188 e. The molecule has 0 saturated carbocycles. The number of oxime groups is 1. The molecule has 0 saturated heterocycles. The van der Waals surface area contributed by atoms with Gasteiger partial charge in [0, 0.05) is 10.7 Å². The third-order valence-electron chi connectivity index (χ3n) is 1.18. The highest BCUT2D eigenvalue weighted by molar-refractivity contribution is 9.10. The average molecular weight is 230 g/mol. The molecule has 1 aromatic heterocycles. The average Bonchev–Trinajstić information content (AvgIpc) is 2.06. The molecule has 0 radical (unpaired) electrons. The maximum absolute atomic E-state index is 5.50. The Bertz CT molecular complexity index is 283. The standard InChI is InChI=1S/C7H8BrN3O/c1-12-11-7(9)6-3-2-5(8)4-10-6/h2-4H,1H3,(H2,9,11). The van der Waals surface area contributed by atoms with Crippen molar-refractivity contribution in [3.8, 4) is 0 Å². The third-order valence-corrected chi connectivity index (χ3v) is 1.65.